The van der Waals surface area contributed by atoms with Crippen LogP contribution < -0.4 is 10.6 Å². The predicted molar refractivity (Wildman–Crippen MR) is 144 cm³/mol. The molecule has 0 aliphatic carbocycles. The monoisotopic (exact) mass is 519 g/mol. The summed E-state index contributed by atoms with van der Waals surface area (Å²) in [6.45, 7) is 2.42. The third-order valence-electron chi connectivity index (χ3n) is 6.16. The molecule has 3 aromatic carbocycles. The Kier molecular flexibility index (Phi) is 7.75. The molecule has 1 heterocycles. The Hall–Kier alpha value is -3.95. The number of sulfonamides is 1. The zero-order valence-electron chi connectivity index (χ0n) is 20.9. The van der Waals surface area contributed by atoms with E-state index in [2.05, 4.69) is 10.6 Å². The third-order valence-corrected chi connectivity index (χ3v) is 8.01. The lowest BCUT2D eigenvalue weighted by Gasteiger charge is -2.18. The van der Waals surface area contributed by atoms with Crippen LogP contribution in [0.25, 0.3) is 11.3 Å². The number of rotatable bonds is 9. The largest absolute Gasteiger partial charge is 0.465 e. The molecular formula is C28H29N3O5S. The van der Waals surface area contributed by atoms with Gasteiger partial charge >= 0.3 is 5.97 Å². The van der Waals surface area contributed by atoms with Crippen molar-refractivity contribution >= 4 is 44.5 Å². The first-order chi connectivity index (χ1) is 17.8. The van der Waals surface area contributed by atoms with Gasteiger partial charge in [-0.05, 0) is 54.4 Å². The molecule has 1 aliphatic rings. The summed E-state index contributed by atoms with van der Waals surface area (Å²) in [4.78, 5) is 25.2. The number of amides is 1. The first kappa shape index (κ1) is 26.1. The van der Waals surface area contributed by atoms with Crippen molar-refractivity contribution < 1.29 is 22.7 Å². The molecule has 1 amide bonds. The molecule has 0 radical (unpaired) electrons. The third kappa shape index (κ3) is 5.42. The van der Waals surface area contributed by atoms with Crippen LogP contribution in [-0.4, -0.2) is 45.3 Å². The molecule has 8 nitrogen and oxygen atoms in total. The van der Waals surface area contributed by atoms with E-state index in [1.165, 1.54) is 17.5 Å². The number of hydrogen-bond donors (Lipinski definition) is 2. The zero-order valence-corrected chi connectivity index (χ0v) is 21.8. The summed E-state index contributed by atoms with van der Waals surface area (Å²) < 4.78 is 32.5. The molecule has 0 unspecified atom stereocenters. The highest BCUT2D eigenvalue weighted by molar-refractivity contribution is 7.89. The predicted octanol–water partition coefficient (Wildman–Crippen LogP) is 4.83. The van der Waals surface area contributed by atoms with Crippen LogP contribution in [0.3, 0.4) is 0 Å². The summed E-state index contributed by atoms with van der Waals surface area (Å²) in [5, 5.41) is 6.16. The quantitative estimate of drug-likeness (QED) is 0.310. The van der Waals surface area contributed by atoms with Gasteiger partial charge in [-0.1, -0.05) is 43.7 Å². The maximum atomic E-state index is 13.2. The van der Waals surface area contributed by atoms with Gasteiger partial charge in [0.2, 0.25) is 10.0 Å². The van der Waals surface area contributed by atoms with Gasteiger partial charge in [0.15, 0.2) is 0 Å². The van der Waals surface area contributed by atoms with E-state index in [0.717, 1.165) is 18.4 Å². The van der Waals surface area contributed by atoms with E-state index in [1.54, 1.807) is 43.4 Å². The van der Waals surface area contributed by atoms with E-state index in [4.69, 9.17) is 4.74 Å². The number of fused-ring (bicyclic) bond motifs is 1. The molecular weight excluding hydrogens is 490 g/mol. The van der Waals surface area contributed by atoms with Gasteiger partial charge in [0, 0.05) is 30.5 Å². The summed E-state index contributed by atoms with van der Waals surface area (Å²) in [5.74, 6) is -0.795. The van der Waals surface area contributed by atoms with E-state index in [9.17, 15) is 18.0 Å². The van der Waals surface area contributed by atoms with Crippen LogP contribution in [0.15, 0.2) is 77.7 Å². The lowest BCUT2D eigenvalue weighted by Crippen LogP contribution is -2.28. The highest BCUT2D eigenvalue weighted by Gasteiger charge is 2.31. The van der Waals surface area contributed by atoms with Gasteiger partial charge in [-0.25, -0.2) is 17.5 Å². The molecule has 0 atom stereocenters. The average molecular weight is 520 g/mol. The topological polar surface area (TPSA) is 105 Å². The Morgan fingerprint density at radius 1 is 1.00 bits per heavy atom. The molecule has 0 saturated heterocycles. The van der Waals surface area contributed by atoms with Crippen molar-refractivity contribution in [3.63, 3.8) is 0 Å². The molecule has 2 N–H and O–H groups in total. The van der Waals surface area contributed by atoms with Gasteiger partial charge in [-0.15, -0.1) is 0 Å². The van der Waals surface area contributed by atoms with Crippen LogP contribution in [0.1, 0.15) is 41.3 Å². The van der Waals surface area contributed by atoms with Crippen LogP contribution in [0, 0.1) is 0 Å². The van der Waals surface area contributed by atoms with Gasteiger partial charge in [0.05, 0.1) is 28.8 Å². The fourth-order valence-corrected chi connectivity index (χ4v) is 5.31. The second kappa shape index (κ2) is 11.0. The molecule has 9 heteroatoms. The number of nitrogens with zero attached hydrogens (tertiary/aromatic N) is 1. The van der Waals surface area contributed by atoms with E-state index in [-0.39, 0.29) is 10.8 Å². The summed E-state index contributed by atoms with van der Waals surface area (Å²) in [6.07, 6.45) is 1.63. The number of esters is 1. The van der Waals surface area contributed by atoms with Crippen LogP contribution in [-0.2, 0) is 19.6 Å². The SMILES string of the molecule is CCCCN(C)S(=O)(=O)c1ccc2c(c1)/C(=C(/Nc1ccc(C(=O)OC)cc1)c1ccccc1)C(=O)N2. The Bertz CT molecular complexity index is 1450. The standard InChI is InChI=1S/C28H29N3O5S/c1-4-5-17-31(2)37(34,35)22-15-16-24-23(18-22)25(27(32)30-24)26(19-9-7-6-8-10-19)29-21-13-11-20(12-14-21)28(33)36-3/h6-16,18,29H,4-5,17H2,1-3H3,(H,30,32)/b26-25-. The molecule has 3 aromatic rings. The molecule has 4 rings (SSSR count). The maximum Gasteiger partial charge on any atom is 0.337 e. The maximum absolute atomic E-state index is 13.2. The fourth-order valence-electron chi connectivity index (χ4n) is 4.07. The van der Waals surface area contributed by atoms with Crippen molar-refractivity contribution in [2.45, 2.75) is 24.7 Å². The van der Waals surface area contributed by atoms with Crippen LogP contribution >= 0.6 is 0 Å². The number of hydrogen-bond acceptors (Lipinski definition) is 6. The minimum atomic E-state index is -3.73. The molecule has 0 saturated carbocycles. The summed E-state index contributed by atoms with van der Waals surface area (Å²) in [5.41, 5.74) is 3.64. The molecule has 0 aromatic heterocycles. The Morgan fingerprint density at radius 2 is 1.70 bits per heavy atom. The lowest BCUT2D eigenvalue weighted by molar-refractivity contribution is -0.110. The van der Waals surface area contributed by atoms with Crippen molar-refractivity contribution in [1.29, 1.82) is 0 Å². The second-order valence-corrected chi connectivity index (χ2v) is 10.7. The van der Waals surface area contributed by atoms with Gasteiger partial charge in [0.25, 0.3) is 5.91 Å². The van der Waals surface area contributed by atoms with Crippen LogP contribution in [0.4, 0.5) is 11.4 Å². The Labute approximate surface area is 217 Å². The van der Waals surface area contributed by atoms with Crippen molar-refractivity contribution in [2.24, 2.45) is 0 Å². The number of anilines is 2. The highest BCUT2D eigenvalue weighted by Crippen LogP contribution is 2.39. The average Bonchev–Trinajstić information content (AvgIpc) is 3.25. The molecule has 0 bridgehead atoms. The van der Waals surface area contributed by atoms with Crippen molar-refractivity contribution in [3.05, 3.63) is 89.5 Å². The van der Waals surface area contributed by atoms with E-state index < -0.39 is 16.0 Å². The lowest BCUT2D eigenvalue weighted by atomic mass is 10.00. The number of ether oxygens (including phenoxy) is 1. The second-order valence-electron chi connectivity index (χ2n) is 8.65. The van der Waals surface area contributed by atoms with Crippen molar-refractivity contribution in [1.82, 2.24) is 4.31 Å². The van der Waals surface area contributed by atoms with Crippen molar-refractivity contribution in [3.8, 4) is 0 Å². The number of benzene rings is 3. The number of methoxy groups -OCH3 is 1. The molecule has 1 aliphatic heterocycles. The molecule has 192 valence electrons. The minimum Gasteiger partial charge on any atom is -0.465 e. The van der Waals surface area contributed by atoms with E-state index >= 15 is 0 Å². The van der Waals surface area contributed by atoms with E-state index in [1.807, 2.05) is 37.3 Å². The van der Waals surface area contributed by atoms with Crippen LogP contribution in [0.2, 0.25) is 0 Å². The minimum absolute atomic E-state index is 0.119. The molecule has 37 heavy (non-hydrogen) atoms. The zero-order chi connectivity index (χ0) is 26.6. The van der Waals surface area contributed by atoms with Gasteiger partial charge in [-0.2, -0.15) is 0 Å². The first-order valence-electron chi connectivity index (χ1n) is 11.9. The first-order valence-corrected chi connectivity index (χ1v) is 13.4. The molecule has 0 fully saturated rings. The number of unbranched alkanes of at least 4 members (excludes halogenated alkanes) is 1. The van der Waals surface area contributed by atoms with E-state index in [0.29, 0.717) is 40.3 Å². The normalized spacial score (nSPS) is 14.2. The number of carbonyl (C=O) groups is 2. The Balaban J connectivity index is 1.82. The Morgan fingerprint density at radius 3 is 2.35 bits per heavy atom. The summed E-state index contributed by atoms with van der Waals surface area (Å²) in [7, 11) is -0.850. The number of nitrogens with one attached hydrogen (secondary N) is 2. The summed E-state index contributed by atoms with van der Waals surface area (Å²) in [6, 6.07) is 20.7. The molecule has 0 spiro atoms. The van der Waals surface area contributed by atoms with Crippen LogP contribution in [0.5, 0.6) is 0 Å². The summed E-state index contributed by atoms with van der Waals surface area (Å²) >= 11 is 0. The van der Waals surface area contributed by atoms with Crippen molar-refractivity contribution in [2.75, 3.05) is 31.3 Å². The van der Waals surface area contributed by atoms with Gasteiger partial charge in [0.1, 0.15) is 0 Å². The van der Waals surface area contributed by atoms with Gasteiger partial charge < -0.3 is 15.4 Å². The highest BCUT2D eigenvalue weighted by atomic mass is 32.2. The smallest absolute Gasteiger partial charge is 0.337 e. The fraction of sp³-hybridized carbons (Fsp3) is 0.214. The number of carbonyl (C=O) groups excluding carboxylic acids is 2. The van der Waals surface area contributed by atoms with Gasteiger partial charge in [-0.3, -0.25) is 4.79 Å².